The average molecular weight is 241 g/mol. The Morgan fingerprint density at radius 3 is 2.94 bits per heavy atom. The summed E-state index contributed by atoms with van der Waals surface area (Å²) in [5, 5.41) is 8.80. The second kappa shape index (κ2) is 4.84. The molecule has 0 bridgehead atoms. The van der Waals surface area contributed by atoms with Gasteiger partial charge in [-0.1, -0.05) is 6.82 Å². The van der Waals surface area contributed by atoms with E-state index in [2.05, 4.69) is 4.98 Å². The molecule has 0 unspecified atom stereocenters. The van der Waals surface area contributed by atoms with Crippen LogP contribution in [0.2, 0.25) is 6.82 Å². The molecule has 0 aliphatic carbocycles. The van der Waals surface area contributed by atoms with Crippen LogP contribution >= 0.6 is 0 Å². The van der Waals surface area contributed by atoms with Gasteiger partial charge in [0, 0.05) is 18.0 Å². The highest BCUT2D eigenvalue weighted by Gasteiger charge is 2.08. The Morgan fingerprint density at radius 1 is 1.50 bits per heavy atom. The van der Waals surface area contributed by atoms with Crippen molar-refractivity contribution in [1.29, 1.82) is 5.26 Å². The highest BCUT2D eigenvalue weighted by molar-refractivity contribution is 6.31. The largest absolute Gasteiger partial charge is 0.361 e. The van der Waals surface area contributed by atoms with Crippen molar-refractivity contribution in [1.82, 2.24) is 9.46 Å². The molecule has 0 atom stereocenters. The van der Waals surface area contributed by atoms with E-state index in [0.29, 0.717) is 24.2 Å². The third-order valence-electron chi connectivity index (χ3n) is 2.57. The molecule has 0 saturated carbocycles. The molecule has 4 nitrogen and oxygen atoms in total. The highest BCUT2D eigenvalue weighted by Crippen LogP contribution is 2.16. The minimum Gasteiger partial charge on any atom is -0.361 e. The molecule has 0 N–H and O–H groups in total. The van der Waals surface area contributed by atoms with Crippen LogP contribution in [0.25, 0.3) is 11.3 Å². The monoisotopic (exact) mass is 241 g/mol. The van der Waals surface area contributed by atoms with Crippen molar-refractivity contribution in [2.24, 2.45) is 0 Å². The van der Waals surface area contributed by atoms with Crippen LogP contribution in [0.5, 0.6) is 0 Å². The smallest absolute Gasteiger partial charge is 0.274 e. The molecular weight excluding hydrogens is 232 g/mol. The van der Waals surface area contributed by atoms with Gasteiger partial charge in [-0.2, -0.15) is 5.26 Å². The Balaban J connectivity index is 2.61. The summed E-state index contributed by atoms with van der Waals surface area (Å²) >= 11 is 0. The van der Waals surface area contributed by atoms with Crippen molar-refractivity contribution in [3.8, 4) is 17.3 Å². The number of nitrogens with zero attached hydrogens (tertiary/aromatic N) is 3. The lowest BCUT2D eigenvalue weighted by atomic mass is 9.98. The van der Waals surface area contributed by atoms with Gasteiger partial charge < -0.3 is 4.48 Å². The van der Waals surface area contributed by atoms with E-state index in [4.69, 9.17) is 5.26 Å². The molecule has 2 rings (SSSR count). The molecule has 18 heavy (non-hydrogen) atoms. The van der Waals surface area contributed by atoms with Crippen LogP contribution in [0, 0.1) is 17.1 Å². The Labute approximate surface area is 104 Å². The first-order valence-corrected chi connectivity index (χ1v) is 5.42. The molecule has 0 amide bonds. The molecule has 0 radical (unpaired) electrons. The summed E-state index contributed by atoms with van der Waals surface area (Å²) in [5.74, 6) is -0.821. The van der Waals surface area contributed by atoms with Crippen molar-refractivity contribution in [3.05, 3.63) is 52.3 Å². The van der Waals surface area contributed by atoms with Crippen LogP contribution < -0.4 is 5.56 Å². The van der Waals surface area contributed by atoms with Crippen LogP contribution in [0.1, 0.15) is 5.56 Å². The fraction of sp³-hybridized carbons (Fsp3) is 0.0833. The molecule has 0 spiro atoms. The lowest BCUT2D eigenvalue weighted by molar-refractivity contribution is 0.605. The maximum atomic E-state index is 13.5. The predicted molar refractivity (Wildman–Crippen MR) is 67.0 cm³/mol. The zero-order chi connectivity index (χ0) is 13.1. The highest BCUT2D eigenvalue weighted by atomic mass is 19.1. The fourth-order valence-corrected chi connectivity index (χ4v) is 1.63. The molecule has 0 aliphatic heterocycles. The van der Waals surface area contributed by atoms with Crippen molar-refractivity contribution < 1.29 is 4.39 Å². The predicted octanol–water partition coefficient (Wildman–Crippen LogP) is 1.17. The summed E-state index contributed by atoms with van der Waals surface area (Å²) < 4.78 is 14.7. The zero-order valence-electron chi connectivity index (χ0n) is 9.72. The summed E-state index contributed by atoms with van der Waals surface area (Å²) in [6.07, 6.45) is 3.02. The SMILES string of the molecule is CBn1cc(-c2cc(C#N)ccn2)cc(F)c1=O. The number of halogens is 1. The van der Waals surface area contributed by atoms with Gasteiger partial charge in [0.2, 0.25) is 7.41 Å². The summed E-state index contributed by atoms with van der Waals surface area (Å²) in [6, 6.07) is 6.25. The molecule has 0 aliphatic rings. The van der Waals surface area contributed by atoms with Gasteiger partial charge in [0.15, 0.2) is 5.82 Å². The molecule has 6 heteroatoms. The molecule has 2 aromatic heterocycles. The Hall–Kier alpha value is -2.42. The standard InChI is InChI=1S/C12H9BFN3O/c1-13-17-7-9(5-10(14)12(17)18)11-4-8(6-15)2-3-16-11/h2-5,7,13H,1H3. The van der Waals surface area contributed by atoms with Crippen LogP contribution in [-0.2, 0) is 0 Å². The molecule has 0 aromatic carbocycles. The number of pyridine rings is 2. The number of aromatic nitrogens is 2. The van der Waals surface area contributed by atoms with Crippen molar-refractivity contribution in [2.45, 2.75) is 6.82 Å². The fourth-order valence-electron chi connectivity index (χ4n) is 1.63. The third kappa shape index (κ3) is 2.16. The van der Waals surface area contributed by atoms with Gasteiger partial charge in [-0.15, -0.1) is 0 Å². The number of rotatable bonds is 2. The van der Waals surface area contributed by atoms with Gasteiger partial charge >= 0.3 is 0 Å². The number of nitriles is 1. The minimum absolute atomic E-state index is 0.377. The van der Waals surface area contributed by atoms with E-state index in [1.807, 2.05) is 6.07 Å². The van der Waals surface area contributed by atoms with Crippen LogP contribution in [0.3, 0.4) is 0 Å². The summed E-state index contributed by atoms with van der Waals surface area (Å²) in [6.45, 7) is 1.75. The normalized spacial score (nSPS) is 9.83. The van der Waals surface area contributed by atoms with Gasteiger partial charge in [0.05, 0.1) is 17.3 Å². The van der Waals surface area contributed by atoms with E-state index < -0.39 is 11.4 Å². The van der Waals surface area contributed by atoms with E-state index in [1.54, 1.807) is 19.0 Å². The minimum atomic E-state index is -0.821. The van der Waals surface area contributed by atoms with Gasteiger partial charge in [-0.25, -0.2) is 4.39 Å². The van der Waals surface area contributed by atoms with E-state index >= 15 is 0 Å². The number of hydrogen-bond acceptors (Lipinski definition) is 3. The first-order chi connectivity index (χ1) is 8.65. The quantitative estimate of drug-likeness (QED) is 0.741. The molecule has 88 valence electrons. The van der Waals surface area contributed by atoms with E-state index in [1.165, 1.54) is 16.9 Å². The van der Waals surface area contributed by atoms with Crippen molar-refractivity contribution in [3.63, 3.8) is 0 Å². The van der Waals surface area contributed by atoms with Gasteiger partial charge in [-0.05, 0) is 18.2 Å². The van der Waals surface area contributed by atoms with Gasteiger partial charge in [0.1, 0.15) is 0 Å². The maximum absolute atomic E-state index is 13.5. The van der Waals surface area contributed by atoms with Crippen LogP contribution in [0.4, 0.5) is 4.39 Å². The second-order valence-electron chi connectivity index (χ2n) is 3.71. The van der Waals surface area contributed by atoms with E-state index in [9.17, 15) is 9.18 Å². The lowest BCUT2D eigenvalue weighted by Crippen LogP contribution is -2.25. The van der Waals surface area contributed by atoms with Crippen LogP contribution in [-0.4, -0.2) is 16.9 Å². The van der Waals surface area contributed by atoms with E-state index in [0.717, 1.165) is 6.07 Å². The second-order valence-corrected chi connectivity index (χ2v) is 3.71. The molecule has 0 fully saturated rings. The van der Waals surface area contributed by atoms with Crippen LogP contribution in [0.15, 0.2) is 35.4 Å². The van der Waals surface area contributed by atoms with Gasteiger partial charge in [-0.3, -0.25) is 9.78 Å². The Morgan fingerprint density at radius 2 is 2.28 bits per heavy atom. The Kier molecular flexibility index (Phi) is 3.24. The summed E-state index contributed by atoms with van der Waals surface area (Å²) in [5.41, 5.74) is 0.730. The molecule has 0 saturated heterocycles. The third-order valence-corrected chi connectivity index (χ3v) is 2.57. The molecular formula is C12H9BFN3O. The van der Waals surface area contributed by atoms with Gasteiger partial charge in [0.25, 0.3) is 5.56 Å². The Bertz CT molecular complexity index is 690. The zero-order valence-corrected chi connectivity index (χ0v) is 9.72. The number of hydrogen-bond donors (Lipinski definition) is 0. The molecule has 2 heterocycles. The maximum Gasteiger partial charge on any atom is 0.274 e. The average Bonchev–Trinajstić information content (AvgIpc) is 2.41. The first kappa shape index (κ1) is 12.1. The first-order valence-electron chi connectivity index (χ1n) is 5.42. The topological polar surface area (TPSA) is 58.7 Å². The summed E-state index contributed by atoms with van der Waals surface area (Å²) in [7, 11) is 0.377. The van der Waals surface area contributed by atoms with E-state index in [-0.39, 0.29) is 0 Å². The lowest BCUT2D eigenvalue weighted by Gasteiger charge is -2.06. The van der Waals surface area contributed by atoms with Crippen molar-refractivity contribution >= 4 is 7.41 Å². The molecule has 2 aromatic rings. The summed E-state index contributed by atoms with van der Waals surface area (Å²) in [4.78, 5) is 15.5. The van der Waals surface area contributed by atoms with Crippen molar-refractivity contribution in [2.75, 3.05) is 0 Å².